The molecule has 2 N–H and O–H groups in total. The van der Waals surface area contributed by atoms with Gasteiger partial charge < -0.3 is 25.0 Å². The Morgan fingerprint density at radius 2 is 1.92 bits per heavy atom. The van der Waals surface area contributed by atoms with Crippen LogP contribution in [0.5, 0.6) is 5.88 Å². The molecule has 0 radical (unpaired) electrons. The molecule has 8 heteroatoms. The van der Waals surface area contributed by atoms with Crippen molar-refractivity contribution in [1.29, 1.82) is 0 Å². The first-order valence-corrected chi connectivity index (χ1v) is 13.7. The molecule has 1 saturated carbocycles. The summed E-state index contributed by atoms with van der Waals surface area (Å²) in [7, 11) is 1.78. The molecule has 1 fully saturated rings. The lowest BCUT2D eigenvalue weighted by atomic mass is 9.96. The number of aliphatic hydroxyl groups excluding tert-OH is 1. The smallest absolute Gasteiger partial charge is 0.317 e. The van der Waals surface area contributed by atoms with Gasteiger partial charge in [0.25, 0.3) is 5.91 Å². The number of pyridine rings is 1. The highest BCUT2D eigenvalue weighted by atomic mass is 16.5. The topological polar surface area (TPSA) is 95.0 Å². The predicted octanol–water partition coefficient (Wildman–Crippen LogP) is 4.45. The molecule has 204 valence electrons. The zero-order chi connectivity index (χ0) is 27.1. The number of aromatic nitrogens is 1. The minimum Gasteiger partial charge on any atom is -0.472 e. The van der Waals surface area contributed by atoms with E-state index >= 15 is 0 Å². The third-order valence-corrected chi connectivity index (χ3v) is 7.54. The van der Waals surface area contributed by atoms with E-state index in [1.54, 1.807) is 29.1 Å². The number of aliphatic hydroxyl groups is 1. The molecule has 3 amide bonds. The largest absolute Gasteiger partial charge is 0.472 e. The summed E-state index contributed by atoms with van der Waals surface area (Å²) in [5, 5.41) is 13.1. The molecule has 2 aliphatic rings. The summed E-state index contributed by atoms with van der Waals surface area (Å²) in [6.45, 7) is 4.44. The van der Waals surface area contributed by atoms with Crippen LogP contribution in [-0.4, -0.2) is 76.8 Å². The van der Waals surface area contributed by atoms with E-state index in [9.17, 15) is 14.7 Å². The lowest BCUT2D eigenvalue weighted by molar-refractivity contribution is 0.0351. The van der Waals surface area contributed by atoms with Gasteiger partial charge in [0.1, 0.15) is 11.7 Å². The van der Waals surface area contributed by atoms with E-state index in [4.69, 9.17) is 4.74 Å². The summed E-state index contributed by atoms with van der Waals surface area (Å²) < 4.78 is 6.34. The number of fused-ring (bicyclic) bond motifs is 1. The summed E-state index contributed by atoms with van der Waals surface area (Å²) in [5.41, 5.74) is 2.17. The van der Waals surface area contributed by atoms with Crippen molar-refractivity contribution in [2.45, 2.75) is 64.1 Å². The number of benzene rings is 1. The molecule has 2 heterocycles. The molecular formula is C30H40N4O4. The van der Waals surface area contributed by atoms with Gasteiger partial charge in [-0.2, -0.15) is 0 Å². The molecule has 38 heavy (non-hydrogen) atoms. The summed E-state index contributed by atoms with van der Waals surface area (Å²) in [4.78, 5) is 34.4. The van der Waals surface area contributed by atoms with Gasteiger partial charge in [0, 0.05) is 31.7 Å². The van der Waals surface area contributed by atoms with Crippen LogP contribution in [0.15, 0.2) is 42.6 Å². The molecule has 1 aliphatic carbocycles. The fourth-order valence-corrected chi connectivity index (χ4v) is 5.07. The fourth-order valence-electron chi connectivity index (χ4n) is 5.07. The molecule has 1 aromatic heterocycles. The molecule has 0 spiro atoms. The number of urea groups is 1. The van der Waals surface area contributed by atoms with Gasteiger partial charge in [0.15, 0.2) is 0 Å². The molecular weight excluding hydrogens is 480 g/mol. The molecule has 1 aromatic carbocycles. The van der Waals surface area contributed by atoms with Gasteiger partial charge in [-0.1, -0.05) is 68.7 Å². The van der Waals surface area contributed by atoms with Crippen LogP contribution in [0.2, 0.25) is 0 Å². The van der Waals surface area contributed by atoms with Crippen LogP contribution >= 0.6 is 0 Å². The Hall–Kier alpha value is -3.39. The van der Waals surface area contributed by atoms with Crippen molar-refractivity contribution in [1.82, 2.24) is 20.1 Å². The highest BCUT2D eigenvalue weighted by Gasteiger charge is 2.35. The SMILES string of the molecule is C[C@@H]1CN([C@H](C)CO)C(=O)c2cc(/C=C/c3ccccc3)cnc2O[C@H]1CN(C)C(=O)NC1CCCCC1. The zero-order valence-electron chi connectivity index (χ0n) is 22.7. The maximum Gasteiger partial charge on any atom is 0.317 e. The van der Waals surface area contributed by atoms with Crippen LogP contribution in [-0.2, 0) is 0 Å². The van der Waals surface area contributed by atoms with Gasteiger partial charge in [-0.3, -0.25) is 4.79 Å². The number of carbonyl (C=O) groups is 2. The van der Waals surface area contributed by atoms with Gasteiger partial charge >= 0.3 is 6.03 Å². The maximum absolute atomic E-state index is 13.6. The van der Waals surface area contributed by atoms with Crippen LogP contribution in [0.1, 0.15) is 67.4 Å². The number of nitrogens with zero attached hydrogens (tertiary/aromatic N) is 3. The highest BCUT2D eigenvalue weighted by molar-refractivity contribution is 5.97. The number of carbonyl (C=O) groups excluding carboxylic acids is 2. The Kier molecular flexibility index (Phi) is 9.39. The lowest BCUT2D eigenvalue weighted by Crippen LogP contribution is -2.52. The third kappa shape index (κ3) is 6.92. The average molecular weight is 521 g/mol. The molecule has 1 aliphatic heterocycles. The van der Waals surface area contributed by atoms with Crippen molar-refractivity contribution >= 4 is 24.1 Å². The van der Waals surface area contributed by atoms with Gasteiger partial charge in [-0.15, -0.1) is 0 Å². The van der Waals surface area contributed by atoms with Crippen molar-refractivity contribution in [2.24, 2.45) is 5.92 Å². The van der Waals surface area contributed by atoms with Gasteiger partial charge in [0.2, 0.25) is 5.88 Å². The third-order valence-electron chi connectivity index (χ3n) is 7.54. The second-order valence-corrected chi connectivity index (χ2v) is 10.7. The molecule has 2 aromatic rings. The van der Waals surface area contributed by atoms with Crippen molar-refractivity contribution in [2.75, 3.05) is 26.7 Å². The van der Waals surface area contributed by atoms with Crippen LogP contribution in [0.4, 0.5) is 4.79 Å². The minimum absolute atomic E-state index is 0.0921. The Bertz CT molecular complexity index is 1120. The van der Waals surface area contributed by atoms with Crippen LogP contribution < -0.4 is 10.1 Å². The fraction of sp³-hybridized carbons (Fsp3) is 0.500. The van der Waals surface area contributed by atoms with Crippen molar-refractivity contribution in [3.8, 4) is 5.88 Å². The van der Waals surface area contributed by atoms with E-state index in [0.717, 1.165) is 36.8 Å². The monoisotopic (exact) mass is 520 g/mol. The van der Waals surface area contributed by atoms with Crippen LogP contribution in [0.25, 0.3) is 12.2 Å². The number of amides is 3. The number of hydrogen-bond donors (Lipinski definition) is 2. The van der Waals surface area contributed by atoms with E-state index in [-0.39, 0.29) is 48.5 Å². The number of hydrogen-bond acceptors (Lipinski definition) is 5. The number of likely N-dealkylation sites (N-methyl/N-ethyl adjacent to an activating group) is 1. The predicted molar refractivity (Wildman–Crippen MR) is 149 cm³/mol. The highest BCUT2D eigenvalue weighted by Crippen LogP contribution is 2.28. The second-order valence-electron chi connectivity index (χ2n) is 10.7. The standard InChI is InChI=1S/C30H40N4O4/c1-21-18-34(22(2)20-35)29(36)26-16-24(15-14-23-10-6-4-7-11-23)17-31-28(26)38-27(21)19-33(3)30(37)32-25-12-8-5-9-13-25/h4,6-7,10-11,14-17,21-22,25,27,35H,5,8-9,12-13,18-20H2,1-3H3,(H,32,37)/b15-14+/t21-,22-,27+/m1/s1. The van der Waals surface area contributed by atoms with Crippen LogP contribution in [0.3, 0.4) is 0 Å². The molecule has 0 bridgehead atoms. The minimum atomic E-state index is -0.379. The van der Waals surface area contributed by atoms with Gasteiger partial charge in [0.05, 0.1) is 19.2 Å². The summed E-state index contributed by atoms with van der Waals surface area (Å²) in [5.74, 6) is -0.0668. The first-order chi connectivity index (χ1) is 18.4. The Morgan fingerprint density at radius 3 is 2.63 bits per heavy atom. The lowest BCUT2D eigenvalue weighted by Gasteiger charge is -2.38. The van der Waals surface area contributed by atoms with Gasteiger partial charge in [-0.25, -0.2) is 9.78 Å². The van der Waals surface area contributed by atoms with E-state index in [2.05, 4.69) is 10.3 Å². The van der Waals surface area contributed by atoms with E-state index in [1.165, 1.54) is 6.42 Å². The van der Waals surface area contributed by atoms with E-state index in [1.807, 2.05) is 56.3 Å². The Balaban J connectivity index is 1.56. The number of ether oxygens (including phenoxy) is 1. The van der Waals surface area contributed by atoms with Crippen LogP contribution in [0, 0.1) is 5.92 Å². The van der Waals surface area contributed by atoms with Crippen molar-refractivity contribution < 1.29 is 19.4 Å². The second kappa shape index (κ2) is 12.9. The Morgan fingerprint density at radius 1 is 1.21 bits per heavy atom. The number of nitrogens with one attached hydrogen (secondary N) is 1. The molecule has 8 nitrogen and oxygen atoms in total. The molecule has 0 saturated heterocycles. The molecule has 0 unspecified atom stereocenters. The molecule has 3 atom stereocenters. The first kappa shape index (κ1) is 27.6. The average Bonchev–Trinajstić information content (AvgIpc) is 2.94. The van der Waals surface area contributed by atoms with Gasteiger partial charge in [-0.05, 0) is 37.0 Å². The zero-order valence-corrected chi connectivity index (χ0v) is 22.7. The van der Waals surface area contributed by atoms with E-state index in [0.29, 0.717) is 18.7 Å². The maximum atomic E-state index is 13.6. The quantitative estimate of drug-likeness (QED) is 0.563. The summed E-state index contributed by atoms with van der Waals surface area (Å²) >= 11 is 0. The van der Waals surface area contributed by atoms with Crippen molar-refractivity contribution in [3.63, 3.8) is 0 Å². The molecule has 4 rings (SSSR count). The Labute approximate surface area is 225 Å². The normalized spacial score (nSPS) is 21.3. The summed E-state index contributed by atoms with van der Waals surface area (Å²) in [6.07, 6.45) is 10.8. The summed E-state index contributed by atoms with van der Waals surface area (Å²) in [6, 6.07) is 11.4. The van der Waals surface area contributed by atoms with Crippen molar-refractivity contribution in [3.05, 3.63) is 59.3 Å². The first-order valence-electron chi connectivity index (χ1n) is 13.7. The van der Waals surface area contributed by atoms with E-state index < -0.39 is 0 Å². The number of rotatable bonds is 7.